The highest BCUT2D eigenvalue weighted by Crippen LogP contribution is 2.21. The summed E-state index contributed by atoms with van der Waals surface area (Å²) in [5, 5.41) is 0. The average molecular weight is 262 g/mol. The molecule has 0 aliphatic heterocycles. The fraction of sp³-hybridized carbons (Fsp3) is 0.250. The first kappa shape index (κ1) is 14.7. The standard InChI is InChI=1S/C16H19N.ClH/c1-12(2)13-8-10-15(11-9-13)16(17)14-6-4-3-5-7-14;/h3-12,16H,17H2,1-2H3;1H. The minimum absolute atomic E-state index is 0. The van der Waals surface area contributed by atoms with Crippen molar-refractivity contribution in [1.82, 2.24) is 0 Å². The maximum atomic E-state index is 6.24. The topological polar surface area (TPSA) is 26.0 Å². The summed E-state index contributed by atoms with van der Waals surface area (Å²) in [4.78, 5) is 0. The second-order valence-electron chi connectivity index (χ2n) is 4.71. The van der Waals surface area contributed by atoms with Gasteiger partial charge in [-0.25, -0.2) is 0 Å². The van der Waals surface area contributed by atoms with E-state index in [1.807, 2.05) is 18.2 Å². The summed E-state index contributed by atoms with van der Waals surface area (Å²) in [6.45, 7) is 4.40. The zero-order chi connectivity index (χ0) is 12.3. The van der Waals surface area contributed by atoms with Crippen molar-refractivity contribution < 1.29 is 0 Å². The molecule has 0 spiro atoms. The summed E-state index contributed by atoms with van der Waals surface area (Å²) in [7, 11) is 0. The van der Waals surface area contributed by atoms with Gasteiger partial charge in [0, 0.05) is 0 Å². The van der Waals surface area contributed by atoms with Crippen molar-refractivity contribution in [1.29, 1.82) is 0 Å². The highest BCUT2D eigenvalue weighted by atomic mass is 35.5. The van der Waals surface area contributed by atoms with Crippen LogP contribution in [0.2, 0.25) is 0 Å². The van der Waals surface area contributed by atoms with Crippen LogP contribution < -0.4 is 5.73 Å². The molecular weight excluding hydrogens is 242 g/mol. The van der Waals surface area contributed by atoms with E-state index in [2.05, 4.69) is 50.2 Å². The molecule has 0 saturated carbocycles. The molecular formula is C16H20ClN. The van der Waals surface area contributed by atoms with Crippen molar-refractivity contribution in [2.45, 2.75) is 25.8 Å². The lowest BCUT2D eigenvalue weighted by Gasteiger charge is -2.14. The molecule has 0 fully saturated rings. The second kappa shape index (κ2) is 6.58. The van der Waals surface area contributed by atoms with Crippen molar-refractivity contribution in [2.75, 3.05) is 0 Å². The van der Waals surface area contributed by atoms with E-state index in [9.17, 15) is 0 Å². The Balaban J connectivity index is 0.00000162. The largest absolute Gasteiger partial charge is 0.320 e. The van der Waals surface area contributed by atoms with Gasteiger partial charge in [0.05, 0.1) is 6.04 Å². The predicted molar refractivity (Wildman–Crippen MR) is 80.3 cm³/mol. The van der Waals surface area contributed by atoms with Gasteiger partial charge in [-0.05, 0) is 22.6 Å². The molecule has 0 amide bonds. The zero-order valence-corrected chi connectivity index (χ0v) is 11.7. The van der Waals surface area contributed by atoms with Crippen LogP contribution in [0.15, 0.2) is 54.6 Å². The lowest BCUT2D eigenvalue weighted by Crippen LogP contribution is -2.11. The lowest BCUT2D eigenvalue weighted by atomic mass is 9.96. The molecule has 1 unspecified atom stereocenters. The summed E-state index contributed by atoms with van der Waals surface area (Å²) in [5.41, 5.74) is 9.92. The molecule has 1 atom stereocenters. The Morgan fingerprint density at radius 1 is 0.722 bits per heavy atom. The van der Waals surface area contributed by atoms with Crippen LogP contribution in [0.3, 0.4) is 0 Å². The smallest absolute Gasteiger partial charge is 0.0551 e. The van der Waals surface area contributed by atoms with Crippen LogP contribution in [0.25, 0.3) is 0 Å². The molecule has 96 valence electrons. The van der Waals surface area contributed by atoms with E-state index in [0.717, 1.165) is 5.56 Å². The van der Waals surface area contributed by atoms with E-state index in [1.165, 1.54) is 11.1 Å². The summed E-state index contributed by atoms with van der Waals surface area (Å²) in [5.74, 6) is 0.567. The Kier molecular flexibility index (Phi) is 5.39. The van der Waals surface area contributed by atoms with Gasteiger partial charge < -0.3 is 5.73 Å². The molecule has 0 saturated heterocycles. The van der Waals surface area contributed by atoms with Gasteiger partial charge in [0.1, 0.15) is 0 Å². The first-order valence-corrected chi connectivity index (χ1v) is 6.09. The van der Waals surface area contributed by atoms with Crippen molar-refractivity contribution >= 4 is 12.4 Å². The monoisotopic (exact) mass is 261 g/mol. The van der Waals surface area contributed by atoms with E-state index < -0.39 is 0 Å². The normalized spacial score (nSPS) is 12.0. The van der Waals surface area contributed by atoms with E-state index in [4.69, 9.17) is 5.73 Å². The highest BCUT2D eigenvalue weighted by molar-refractivity contribution is 5.85. The molecule has 0 aliphatic carbocycles. The summed E-state index contributed by atoms with van der Waals surface area (Å²) < 4.78 is 0. The molecule has 18 heavy (non-hydrogen) atoms. The number of hydrogen-bond donors (Lipinski definition) is 1. The molecule has 2 heteroatoms. The van der Waals surface area contributed by atoms with Crippen LogP contribution in [-0.4, -0.2) is 0 Å². The Morgan fingerprint density at radius 2 is 1.17 bits per heavy atom. The lowest BCUT2D eigenvalue weighted by molar-refractivity contribution is 0.847. The maximum absolute atomic E-state index is 6.24. The number of halogens is 1. The van der Waals surface area contributed by atoms with Crippen molar-refractivity contribution in [3.8, 4) is 0 Å². The number of rotatable bonds is 3. The Bertz CT molecular complexity index is 462. The van der Waals surface area contributed by atoms with Gasteiger partial charge >= 0.3 is 0 Å². The van der Waals surface area contributed by atoms with Crippen LogP contribution in [0, 0.1) is 0 Å². The Labute approximate surface area is 115 Å². The van der Waals surface area contributed by atoms with Gasteiger partial charge in [-0.2, -0.15) is 0 Å². The van der Waals surface area contributed by atoms with Crippen molar-refractivity contribution in [2.24, 2.45) is 5.73 Å². The van der Waals surface area contributed by atoms with Gasteiger partial charge in [0.25, 0.3) is 0 Å². The third-order valence-electron chi connectivity index (χ3n) is 3.12. The van der Waals surface area contributed by atoms with Gasteiger partial charge in [0.15, 0.2) is 0 Å². The van der Waals surface area contributed by atoms with Crippen LogP contribution >= 0.6 is 12.4 Å². The van der Waals surface area contributed by atoms with Crippen molar-refractivity contribution in [3.05, 3.63) is 71.3 Å². The fourth-order valence-corrected chi connectivity index (χ4v) is 1.94. The number of hydrogen-bond acceptors (Lipinski definition) is 1. The van der Waals surface area contributed by atoms with Crippen LogP contribution in [0.5, 0.6) is 0 Å². The summed E-state index contributed by atoms with van der Waals surface area (Å²) in [6.07, 6.45) is 0. The van der Waals surface area contributed by atoms with Gasteiger partial charge in [0.2, 0.25) is 0 Å². The van der Waals surface area contributed by atoms with Crippen molar-refractivity contribution in [3.63, 3.8) is 0 Å². The van der Waals surface area contributed by atoms with Crippen LogP contribution in [0.1, 0.15) is 42.5 Å². The summed E-state index contributed by atoms with van der Waals surface area (Å²) >= 11 is 0. The second-order valence-corrected chi connectivity index (χ2v) is 4.71. The van der Waals surface area contributed by atoms with E-state index >= 15 is 0 Å². The summed E-state index contributed by atoms with van der Waals surface area (Å²) in [6, 6.07) is 18.8. The fourth-order valence-electron chi connectivity index (χ4n) is 1.94. The maximum Gasteiger partial charge on any atom is 0.0551 e. The first-order valence-electron chi connectivity index (χ1n) is 6.09. The minimum Gasteiger partial charge on any atom is -0.320 e. The number of benzene rings is 2. The van der Waals surface area contributed by atoms with Crippen LogP contribution in [0.4, 0.5) is 0 Å². The molecule has 2 N–H and O–H groups in total. The molecule has 0 bridgehead atoms. The third kappa shape index (κ3) is 3.34. The highest BCUT2D eigenvalue weighted by Gasteiger charge is 2.08. The molecule has 0 aliphatic rings. The molecule has 2 aromatic carbocycles. The molecule has 0 aromatic heterocycles. The molecule has 2 rings (SSSR count). The van der Waals surface area contributed by atoms with Gasteiger partial charge in [-0.15, -0.1) is 12.4 Å². The first-order chi connectivity index (χ1) is 8.18. The molecule has 0 heterocycles. The average Bonchev–Trinajstić information content (AvgIpc) is 2.39. The Hall–Kier alpha value is -1.31. The van der Waals surface area contributed by atoms with Gasteiger partial charge in [-0.3, -0.25) is 0 Å². The Morgan fingerprint density at radius 3 is 1.67 bits per heavy atom. The van der Waals surface area contributed by atoms with Crippen LogP contribution in [-0.2, 0) is 0 Å². The molecule has 1 nitrogen and oxygen atoms in total. The molecule has 0 radical (unpaired) electrons. The number of nitrogens with two attached hydrogens (primary N) is 1. The SMILES string of the molecule is CC(C)c1ccc(C(N)c2ccccc2)cc1.Cl. The minimum atomic E-state index is -0.0302. The quantitative estimate of drug-likeness (QED) is 0.877. The van der Waals surface area contributed by atoms with Gasteiger partial charge in [-0.1, -0.05) is 68.4 Å². The predicted octanol–water partition coefficient (Wildman–Crippen LogP) is 4.28. The van der Waals surface area contributed by atoms with E-state index in [0.29, 0.717) is 5.92 Å². The third-order valence-corrected chi connectivity index (χ3v) is 3.12. The van der Waals surface area contributed by atoms with E-state index in [-0.39, 0.29) is 18.4 Å². The van der Waals surface area contributed by atoms with E-state index in [1.54, 1.807) is 0 Å². The zero-order valence-electron chi connectivity index (χ0n) is 10.8. The molecule has 2 aromatic rings.